The maximum atomic E-state index is 13.1. The molecule has 8 nitrogen and oxygen atoms in total. The Labute approximate surface area is 184 Å². The summed E-state index contributed by atoms with van der Waals surface area (Å²) in [4.78, 5) is 27.0. The molecule has 3 heterocycles. The number of halogens is 2. The van der Waals surface area contributed by atoms with Gasteiger partial charge in [0.15, 0.2) is 5.82 Å². The van der Waals surface area contributed by atoms with Crippen LogP contribution in [0.15, 0.2) is 35.3 Å². The lowest BCUT2D eigenvalue weighted by atomic mass is 10.0. The second kappa shape index (κ2) is 8.67. The highest BCUT2D eigenvalue weighted by Gasteiger charge is 2.26. The molecule has 0 bridgehead atoms. The Bertz CT molecular complexity index is 1160. The van der Waals surface area contributed by atoms with Gasteiger partial charge in [-0.05, 0) is 24.5 Å². The molecule has 4 N–H and O–H groups in total. The Morgan fingerprint density at radius 3 is 2.73 bits per heavy atom. The number of nitrogens with zero attached hydrogens (tertiary/aromatic N) is 4. The quantitative estimate of drug-likeness (QED) is 0.628. The van der Waals surface area contributed by atoms with E-state index in [1.165, 1.54) is 22.3 Å². The van der Waals surface area contributed by atoms with E-state index in [2.05, 4.69) is 10.00 Å². The fraction of sp³-hybridized carbons (Fsp3) is 0.350. The summed E-state index contributed by atoms with van der Waals surface area (Å²) in [6.07, 6.45) is 3.85. The molecule has 1 saturated heterocycles. The third kappa shape index (κ3) is 3.90. The van der Waals surface area contributed by atoms with E-state index in [0.29, 0.717) is 29.3 Å². The lowest BCUT2D eigenvalue weighted by Gasteiger charge is -2.31. The monoisotopic (exact) mass is 450 g/mol. The molecule has 4 rings (SSSR count). The van der Waals surface area contributed by atoms with Crippen LogP contribution in [0.1, 0.15) is 34.5 Å². The number of amides is 1. The Kier molecular flexibility index (Phi) is 6.40. The largest absolute Gasteiger partial charge is 0.364 e. The molecule has 0 spiro atoms. The molecule has 10 heteroatoms. The second-order valence-electron chi connectivity index (χ2n) is 7.45. The Hall–Kier alpha value is -2.55. The van der Waals surface area contributed by atoms with Crippen LogP contribution in [-0.2, 0) is 13.5 Å². The van der Waals surface area contributed by atoms with Crippen LogP contribution >= 0.6 is 24.0 Å². The van der Waals surface area contributed by atoms with Gasteiger partial charge < -0.3 is 20.9 Å². The number of nitrogens with two attached hydrogens (primary N) is 2. The summed E-state index contributed by atoms with van der Waals surface area (Å²) < 4.78 is 2.73. The van der Waals surface area contributed by atoms with Crippen LogP contribution in [0.4, 0.5) is 5.82 Å². The number of carbonyl (C=O) groups excluding carboxylic acids is 1. The summed E-state index contributed by atoms with van der Waals surface area (Å²) >= 11 is 6.39. The zero-order chi connectivity index (χ0) is 20.7. The standard InChI is InChI=1S/C20H23ClN6O2.ClH/c1-25-16(18(23)28)11-27-17(20(25)29)14(9-12-5-2-3-7-15(12)21)19(24-27)26-8-4-6-13(22)10-26;/h2-3,5,7,11,13H,4,6,8-10,22H2,1H3,(H2,23,28);1H/t13-;/m1./s1. The molecule has 1 amide bonds. The molecule has 1 fully saturated rings. The number of benzene rings is 1. The molecule has 2 aromatic heterocycles. The van der Waals surface area contributed by atoms with Crippen molar-refractivity contribution in [2.24, 2.45) is 18.5 Å². The second-order valence-corrected chi connectivity index (χ2v) is 7.86. The fourth-order valence-electron chi connectivity index (χ4n) is 3.93. The molecule has 1 aliphatic rings. The lowest BCUT2D eigenvalue weighted by Crippen LogP contribution is -2.43. The minimum atomic E-state index is -0.684. The first-order chi connectivity index (χ1) is 13.9. The zero-order valence-electron chi connectivity index (χ0n) is 16.5. The molecule has 0 saturated carbocycles. The minimum absolute atomic E-state index is 0. The van der Waals surface area contributed by atoms with E-state index < -0.39 is 5.91 Å². The van der Waals surface area contributed by atoms with Crippen molar-refractivity contribution in [2.75, 3.05) is 18.0 Å². The van der Waals surface area contributed by atoms with Gasteiger partial charge in [0.2, 0.25) is 0 Å². The van der Waals surface area contributed by atoms with Crippen molar-refractivity contribution in [1.82, 2.24) is 14.2 Å². The Morgan fingerprint density at radius 2 is 2.07 bits per heavy atom. The molecule has 0 radical (unpaired) electrons. The first kappa shape index (κ1) is 22.1. The van der Waals surface area contributed by atoms with Gasteiger partial charge in [-0.3, -0.25) is 9.59 Å². The number of carbonyl (C=O) groups is 1. The first-order valence-electron chi connectivity index (χ1n) is 9.51. The van der Waals surface area contributed by atoms with Gasteiger partial charge in [0, 0.05) is 43.2 Å². The van der Waals surface area contributed by atoms with Crippen LogP contribution in [-0.4, -0.2) is 39.2 Å². The predicted octanol–water partition coefficient (Wildman–Crippen LogP) is 1.73. The van der Waals surface area contributed by atoms with Crippen LogP contribution in [0.25, 0.3) is 5.52 Å². The van der Waals surface area contributed by atoms with Crippen molar-refractivity contribution in [2.45, 2.75) is 25.3 Å². The van der Waals surface area contributed by atoms with Crippen molar-refractivity contribution in [3.05, 3.63) is 62.7 Å². The lowest BCUT2D eigenvalue weighted by molar-refractivity contribution is 0.0990. The molecule has 1 atom stereocenters. The summed E-state index contributed by atoms with van der Waals surface area (Å²) in [6.45, 7) is 1.46. The number of rotatable bonds is 4. The van der Waals surface area contributed by atoms with Crippen LogP contribution in [0.3, 0.4) is 0 Å². The van der Waals surface area contributed by atoms with Crippen LogP contribution < -0.4 is 21.9 Å². The highest BCUT2D eigenvalue weighted by molar-refractivity contribution is 6.31. The summed E-state index contributed by atoms with van der Waals surface area (Å²) in [6, 6.07) is 7.57. The molecule has 1 aromatic carbocycles. The van der Waals surface area contributed by atoms with E-state index in [0.717, 1.165) is 30.5 Å². The fourth-order valence-corrected chi connectivity index (χ4v) is 4.13. The predicted molar refractivity (Wildman–Crippen MR) is 120 cm³/mol. The molecular formula is C20H24Cl2N6O2. The third-order valence-corrected chi connectivity index (χ3v) is 5.80. The number of hydrogen-bond donors (Lipinski definition) is 2. The molecule has 0 unspecified atom stereocenters. The molecular weight excluding hydrogens is 427 g/mol. The van der Waals surface area contributed by atoms with Gasteiger partial charge in [-0.1, -0.05) is 29.8 Å². The number of anilines is 1. The molecule has 0 aliphatic carbocycles. The summed E-state index contributed by atoms with van der Waals surface area (Å²) in [5.74, 6) is 0.00925. The van der Waals surface area contributed by atoms with Crippen molar-refractivity contribution in [3.63, 3.8) is 0 Å². The average molecular weight is 451 g/mol. The average Bonchev–Trinajstić information content (AvgIpc) is 3.05. The van der Waals surface area contributed by atoms with E-state index in [4.69, 9.17) is 23.1 Å². The summed E-state index contributed by atoms with van der Waals surface area (Å²) in [5.41, 5.74) is 13.5. The van der Waals surface area contributed by atoms with Crippen molar-refractivity contribution in [3.8, 4) is 0 Å². The van der Waals surface area contributed by atoms with E-state index in [-0.39, 0.29) is 29.7 Å². The smallest absolute Gasteiger partial charge is 0.277 e. The van der Waals surface area contributed by atoms with Gasteiger partial charge in [0.1, 0.15) is 11.2 Å². The van der Waals surface area contributed by atoms with Gasteiger partial charge in [-0.25, -0.2) is 4.52 Å². The Balaban J connectivity index is 0.00000256. The topological polar surface area (TPSA) is 112 Å². The third-order valence-electron chi connectivity index (χ3n) is 5.44. The van der Waals surface area contributed by atoms with Crippen molar-refractivity contribution < 1.29 is 4.79 Å². The highest BCUT2D eigenvalue weighted by atomic mass is 35.5. The maximum Gasteiger partial charge on any atom is 0.277 e. The molecule has 30 heavy (non-hydrogen) atoms. The number of piperidine rings is 1. The normalized spacial score (nSPS) is 16.5. The summed E-state index contributed by atoms with van der Waals surface area (Å²) in [5, 5.41) is 5.29. The Morgan fingerprint density at radius 1 is 1.33 bits per heavy atom. The summed E-state index contributed by atoms with van der Waals surface area (Å²) in [7, 11) is 1.53. The highest BCUT2D eigenvalue weighted by Crippen LogP contribution is 2.29. The zero-order valence-corrected chi connectivity index (χ0v) is 18.1. The van der Waals surface area contributed by atoms with E-state index in [9.17, 15) is 9.59 Å². The molecule has 160 valence electrons. The van der Waals surface area contributed by atoms with Gasteiger partial charge in [0.05, 0.1) is 6.20 Å². The minimum Gasteiger partial charge on any atom is -0.364 e. The van der Waals surface area contributed by atoms with Gasteiger partial charge in [0.25, 0.3) is 11.5 Å². The number of fused-ring (bicyclic) bond motifs is 1. The SMILES string of the molecule is Cl.Cn1c(C(N)=O)cn2nc(N3CCC[C@@H](N)C3)c(Cc3ccccc3Cl)c2c1=O. The van der Waals surface area contributed by atoms with Crippen LogP contribution in [0, 0.1) is 0 Å². The van der Waals surface area contributed by atoms with Gasteiger partial charge in [-0.15, -0.1) is 17.5 Å². The molecule has 3 aromatic rings. The van der Waals surface area contributed by atoms with Crippen LogP contribution in [0.2, 0.25) is 5.02 Å². The van der Waals surface area contributed by atoms with E-state index in [1.807, 2.05) is 24.3 Å². The maximum absolute atomic E-state index is 13.1. The van der Waals surface area contributed by atoms with Crippen molar-refractivity contribution in [1.29, 1.82) is 0 Å². The number of aromatic nitrogens is 3. The number of hydrogen-bond acceptors (Lipinski definition) is 5. The number of primary amides is 1. The van der Waals surface area contributed by atoms with Gasteiger partial charge in [-0.2, -0.15) is 0 Å². The van der Waals surface area contributed by atoms with E-state index in [1.54, 1.807) is 0 Å². The first-order valence-corrected chi connectivity index (χ1v) is 9.89. The van der Waals surface area contributed by atoms with E-state index >= 15 is 0 Å². The molecule has 1 aliphatic heterocycles. The van der Waals surface area contributed by atoms with Crippen LogP contribution in [0.5, 0.6) is 0 Å². The van der Waals surface area contributed by atoms with Gasteiger partial charge >= 0.3 is 0 Å². The van der Waals surface area contributed by atoms with Crippen molar-refractivity contribution >= 4 is 41.2 Å².